The first-order valence-corrected chi connectivity index (χ1v) is 11.9. The van der Waals surface area contributed by atoms with Gasteiger partial charge in [0.15, 0.2) is 21.5 Å². The van der Waals surface area contributed by atoms with Crippen LogP contribution >= 0.6 is 11.6 Å². The molecule has 2 aliphatic carbocycles. The quantitative estimate of drug-likeness (QED) is 0.686. The second kappa shape index (κ2) is 7.83. The Kier molecular flexibility index (Phi) is 5.60. The number of anilines is 1. The third-order valence-corrected chi connectivity index (χ3v) is 9.38. The van der Waals surface area contributed by atoms with Crippen LogP contribution in [0.3, 0.4) is 0 Å². The van der Waals surface area contributed by atoms with Crippen molar-refractivity contribution >= 4 is 33.0 Å². The van der Waals surface area contributed by atoms with Crippen LogP contribution in [0, 0.1) is 23.5 Å². The molecule has 0 heterocycles. The predicted octanol–water partition coefficient (Wildman–Crippen LogP) is 4.58. The minimum absolute atomic E-state index is 0.00839. The molecule has 166 valence electrons. The Morgan fingerprint density at radius 3 is 2.35 bits per heavy atom. The summed E-state index contributed by atoms with van der Waals surface area (Å²) in [7, 11) is -3.84. The largest absolute Gasteiger partial charge is 0.390 e. The molecule has 2 saturated carbocycles. The SMILES string of the molecule is CC1(O)C2CC[C@H]1CC(S(=O)(=O)c1cc(C(=O)Nc3ccc(F)c(F)c3)ccc1Cl)C2. The zero-order valence-corrected chi connectivity index (χ0v) is 18.3. The summed E-state index contributed by atoms with van der Waals surface area (Å²) in [6.07, 6.45) is 2.25. The summed E-state index contributed by atoms with van der Waals surface area (Å²) in [5.41, 5.74) is -0.796. The van der Waals surface area contributed by atoms with Gasteiger partial charge in [0.05, 0.1) is 20.8 Å². The summed E-state index contributed by atoms with van der Waals surface area (Å²) in [5.74, 6) is -3.02. The minimum atomic E-state index is -3.84. The van der Waals surface area contributed by atoms with Crippen molar-refractivity contribution < 1.29 is 27.1 Å². The summed E-state index contributed by atoms with van der Waals surface area (Å²) >= 11 is 6.20. The van der Waals surface area contributed by atoms with Gasteiger partial charge in [-0.25, -0.2) is 17.2 Å². The van der Waals surface area contributed by atoms with Gasteiger partial charge in [-0.1, -0.05) is 11.6 Å². The summed E-state index contributed by atoms with van der Waals surface area (Å²) in [5, 5.41) is 12.4. The molecule has 4 atom stereocenters. The maximum atomic E-state index is 13.4. The highest BCUT2D eigenvalue weighted by Gasteiger charge is 2.53. The van der Waals surface area contributed by atoms with E-state index in [1.165, 1.54) is 24.3 Å². The molecule has 2 aliphatic rings. The molecule has 0 radical (unpaired) electrons. The van der Waals surface area contributed by atoms with Crippen LogP contribution < -0.4 is 5.32 Å². The number of aliphatic hydroxyl groups is 1. The van der Waals surface area contributed by atoms with Crippen molar-refractivity contribution in [2.75, 3.05) is 5.32 Å². The molecule has 2 aromatic rings. The van der Waals surface area contributed by atoms with E-state index in [-0.39, 0.29) is 33.0 Å². The van der Waals surface area contributed by atoms with Crippen LogP contribution in [0.15, 0.2) is 41.3 Å². The van der Waals surface area contributed by atoms with Gasteiger partial charge in [0.1, 0.15) is 0 Å². The summed E-state index contributed by atoms with van der Waals surface area (Å²) in [6.45, 7) is 1.77. The van der Waals surface area contributed by atoms with Gasteiger partial charge in [0.2, 0.25) is 0 Å². The number of carbonyl (C=O) groups excluding carboxylic acids is 1. The van der Waals surface area contributed by atoms with E-state index in [1.807, 2.05) is 0 Å². The van der Waals surface area contributed by atoms with E-state index in [9.17, 15) is 27.1 Å². The first-order valence-electron chi connectivity index (χ1n) is 10.0. The Hall–Kier alpha value is -2.03. The maximum absolute atomic E-state index is 13.4. The second-order valence-electron chi connectivity index (χ2n) is 8.56. The number of hydrogen-bond donors (Lipinski definition) is 2. The zero-order chi connectivity index (χ0) is 22.6. The highest BCUT2D eigenvalue weighted by Crippen LogP contribution is 2.51. The Bertz CT molecular complexity index is 1140. The van der Waals surface area contributed by atoms with Crippen LogP contribution in [-0.4, -0.2) is 30.3 Å². The number of halogens is 3. The number of nitrogens with one attached hydrogen (secondary N) is 1. The van der Waals surface area contributed by atoms with E-state index in [0.29, 0.717) is 12.8 Å². The van der Waals surface area contributed by atoms with E-state index in [0.717, 1.165) is 25.0 Å². The van der Waals surface area contributed by atoms with Crippen LogP contribution in [0.1, 0.15) is 43.0 Å². The smallest absolute Gasteiger partial charge is 0.255 e. The third-order valence-electron chi connectivity index (χ3n) is 6.73. The Morgan fingerprint density at radius 2 is 1.74 bits per heavy atom. The molecule has 0 aliphatic heterocycles. The van der Waals surface area contributed by atoms with Crippen LogP contribution in [0.25, 0.3) is 0 Å². The lowest BCUT2D eigenvalue weighted by atomic mass is 9.76. The normalized spacial score (nSPS) is 27.8. The van der Waals surface area contributed by atoms with Crippen LogP contribution in [0.2, 0.25) is 5.02 Å². The number of benzene rings is 2. The molecule has 4 rings (SSSR count). The minimum Gasteiger partial charge on any atom is -0.390 e. The molecule has 1 amide bonds. The first-order chi connectivity index (χ1) is 14.5. The van der Waals surface area contributed by atoms with Gasteiger partial charge in [-0.15, -0.1) is 0 Å². The van der Waals surface area contributed by atoms with E-state index in [1.54, 1.807) is 6.92 Å². The summed E-state index contributed by atoms with van der Waals surface area (Å²) < 4.78 is 53.2. The van der Waals surface area contributed by atoms with Crippen molar-refractivity contribution in [3.05, 3.63) is 58.6 Å². The number of hydrogen-bond acceptors (Lipinski definition) is 4. The molecule has 0 saturated heterocycles. The monoisotopic (exact) mass is 469 g/mol. The highest BCUT2D eigenvalue weighted by molar-refractivity contribution is 7.92. The maximum Gasteiger partial charge on any atom is 0.255 e. The first kappa shape index (κ1) is 22.2. The van der Waals surface area contributed by atoms with Crippen LogP contribution in [0.4, 0.5) is 14.5 Å². The second-order valence-corrected chi connectivity index (χ2v) is 11.2. The predicted molar refractivity (Wildman–Crippen MR) is 113 cm³/mol. The lowest BCUT2D eigenvalue weighted by Gasteiger charge is -2.40. The highest BCUT2D eigenvalue weighted by atomic mass is 35.5. The molecule has 2 N–H and O–H groups in total. The van der Waals surface area contributed by atoms with Gasteiger partial charge in [-0.2, -0.15) is 0 Å². The molecule has 2 bridgehead atoms. The standard InChI is InChI=1S/C22H22ClF2NO4S/c1-22(28)13-3-4-14(22)10-16(9-13)31(29,30)20-8-12(2-6-17(20)23)21(27)26-15-5-7-18(24)19(25)11-15/h2,5-8,11,13-14,16,28H,3-4,9-10H2,1H3,(H,26,27)/t13-,14?,16?,22?/m0/s1. The number of amides is 1. The molecule has 2 fully saturated rings. The van der Waals surface area contributed by atoms with Crippen molar-refractivity contribution in [2.24, 2.45) is 11.8 Å². The fourth-order valence-corrected chi connectivity index (χ4v) is 7.24. The number of carbonyl (C=O) groups is 1. The summed E-state index contributed by atoms with van der Waals surface area (Å²) in [6, 6.07) is 6.84. The molecule has 3 unspecified atom stereocenters. The summed E-state index contributed by atoms with van der Waals surface area (Å²) in [4.78, 5) is 12.4. The number of sulfone groups is 1. The fraction of sp³-hybridized carbons (Fsp3) is 0.409. The topological polar surface area (TPSA) is 83.5 Å². The number of rotatable bonds is 4. The molecular weight excluding hydrogens is 448 g/mol. The average molecular weight is 470 g/mol. The molecule has 0 spiro atoms. The molecule has 2 aromatic carbocycles. The average Bonchev–Trinajstić information content (AvgIpc) is 2.87. The van der Waals surface area contributed by atoms with Crippen molar-refractivity contribution in [1.29, 1.82) is 0 Å². The molecule has 9 heteroatoms. The van der Waals surface area contributed by atoms with E-state index in [2.05, 4.69) is 5.32 Å². The van der Waals surface area contributed by atoms with Crippen molar-refractivity contribution in [1.82, 2.24) is 0 Å². The van der Waals surface area contributed by atoms with Crippen molar-refractivity contribution in [3.63, 3.8) is 0 Å². The van der Waals surface area contributed by atoms with Crippen LogP contribution in [0.5, 0.6) is 0 Å². The van der Waals surface area contributed by atoms with Gasteiger partial charge >= 0.3 is 0 Å². The Balaban J connectivity index is 1.60. The van der Waals surface area contributed by atoms with Gasteiger partial charge in [0, 0.05) is 17.3 Å². The van der Waals surface area contributed by atoms with Gasteiger partial charge in [0.25, 0.3) is 5.91 Å². The van der Waals surface area contributed by atoms with Crippen molar-refractivity contribution in [2.45, 2.75) is 48.4 Å². The van der Waals surface area contributed by atoms with E-state index in [4.69, 9.17) is 11.6 Å². The van der Waals surface area contributed by atoms with Gasteiger partial charge in [-0.05, 0) is 74.8 Å². The zero-order valence-electron chi connectivity index (χ0n) is 16.7. The third kappa shape index (κ3) is 3.97. The molecule has 31 heavy (non-hydrogen) atoms. The van der Waals surface area contributed by atoms with Gasteiger partial charge < -0.3 is 10.4 Å². The number of fused-ring (bicyclic) bond motifs is 2. The fourth-order valence-electron chi connectivity index (χ4n) is 4.84. The van der Waals surface area contributed by atoms with Crippen molar-refractivity contribution in [3.8, 4) is 0 Å². The Morgan fingerprint density at radius 1 is 1.10 bits per heavy atom. The van der Waals surface area contributed by atoms with Gasteiger partial charge in [-0.3, -0.25) is 4.79 Å². The Labute approximate surface area is 184 Å². The molecule has 0 aromatic heterocycles. The van der Waals surface area contributed by atoms with E-state index < -0.39 is 38.2 Å². The lowest BCUT2D eigenvalue weighted by Crippen LogP contribution is -2.45. The molecular formula is C22H22ClF2NO4S. The van der Waals surface area contributed by atoms with Crippen LogP contribution in [-0.2, 0) is 9.84 Å². The lowest BCUT2D eigenvalue weighted by molar-refractivity contribution is -0.0413. The van der Waals surface area contributed by atoms with E-state index >= 15 is 0 Å². The molecule has 5 nitrogen and oxygen atoms in total.